The lowest BCUT2D eigenvalue weighted by molar-refractivity contribution is 0.385. The van der Waals surface area contributed by atoms with E-state index in [2.05, 4.69) is 12.2 Å². The summed E-state index contributed by atoms with van der Waals surface area (Å²) in [6.45, 7) is 3.15. The zero-order valence-corrected chi connectivity index (χ0v) is 10.9. The monoisotopic (exact) mass is 239 g/mol. The Morgan fingerprint density at radius 2 is 2.18 bits per heavy atom. The normalized spacial score (nSPS) is 12.5. The molecule has 1 N–H and O–H groups in total. The molecule has 0 radical (unpaired) electrons. The summed E-state index contributed by atoms with van der Waals surface area (Å²) in [5, 5.41) is 3.19. The minimum atomic E-state index is -0.273. The number of ether oxygens (including phenoxy) is 1. The Balaban J connectivity index is 2.68. The molecule has 1 rings (SSSR count). The predicted octanol–water partition coefficient (Wildman–Crippen LogP) is 3.01. The smallest absolute Gasteiger partial charge is 0.165 e. The third-order valence-corrected chi connectivity index (χ3v) is 2.93. The number of nitrogens with one attached hydrogen (secondary N) is 1. The van der Waals surface area contributed by atoms with Crippen molar-refractivity contribution in [3.8, 4) is 5.75 Å². The predicted molar refractivity (Wildman–Crippen MR) is 69.0 cm³/mol. The molecule has 0 amide bonds. The fraction of sp³-hybridized carbons (Fsp3) is 0.571. The van der Waals surface area contributed by atoms with Crippen LogP contribution in [0.15, 0.2) is 18.2 Å². The summed E-state index contributed by atoms with van der Waals surface area (Å²) in [5.74, 6) is 0.608. The zero-order valence-electron chi connectivity index (χ0n) is 10.9. The van der Waals surface area contributed by atoms with E-state index in [1.54, 1.807) is 12.1 Å². The van der Waals surface area contributed by atoms with Gasteiger partial charge in [0.15, 0.2) is 11.6 Å². The van der Waals surface area contributed by atoms with E-state index in [0.717, 1.165) is 31.4 Å². The van der Waals surface area contributed by atoms with Crippen LogP contribution in [0.1, 0.15) is 25.3 Å². The molecule has 0 saturated carbocycles. The maximum absolute atomic E-state index is 13.5. The summed E-state index contributed by atoms with van der Waals surface area (Å²) in [4.78, 5) is 0. The number of hydrogen-bond donors (Lipinski definition) is 1. The second-order valence-corrected chi connectivity index (χ2v) is 4.39. The van der Waals surface area contributed by atoms with Crippen LogP contribution in [-0.4, -0.2) is 20.7 Å². The molecule has 0 spiro atoms. The molecular weight excluding hydrogens is 217 g/mol. The van der Waals surface area contributed by atoms with Crippen molar-refractivity contribution in [1.29, 1.82) is 0 Å². The van der Waals surface area contributed by atoms with Gasteiger partial charge in [0, 0.05) is 0 Å². The highest BCUT2D eigenvalue weighted by Crippen LogP contribution is 2.20. The van der Waals surface area contributed by atoms with Gasteiger partial charge in [0.2, 0.25) is 0 Å². The van der Waals surface area contributed by atoms with Crippen molar-refractivity contribution in [2.45, 2.75) is 26.2 Å². The van der Waals surface area contributed by atoms with Crippen LogP contribution in [0.25, 0.3) is 0 Å². The Morgan fingerprint density at radius 3 is 2.71 bits per heavy atom. The van der Waals surface area contributed by atoms with Gasteiger partial charge in [-0.25, -0.2) is 4.39 Å². The van der Waals surface area contributed by atoms with Crippen molar-refractivity contribution in [3.63, 3.8) is 0 Å². The largest absolute Gasteiger partial charge is 0.494 e. The molecule has 0 bridgehead atoms. The molecular formula is C14H22FNO. The molecule has 1 aromatic rings. The first kappa shape index (κ1) is 14.0. The molecule has 1 aromatic carbocycles. The van der Waals surface area contributed by atoms with Gasteiger partial charge >= 0.3 is 0 Å². The van der Waals surface area contributed by atoms with Gasteiger partial charge in [-0.15, -0.1) is 0 Å². The van der Waals surface area contributed by atoms with Crippen LogP contribution in [0.2, 0.25) is 0 Å². The number of hydrogen-bond acceptors (Lipinski definition) is 2. The highest BCUT2D eigenvalue weighted by atomic mass is 19.1. The van der Waals surface area contributed by atoms with Crippen molar-refractivity contribution in [2.24, 2.45) is 5.92 Å². The Labute approximate surface area is 103 Å². The first-order valence-electron chi connectivity index (χ1n) is 6.18. The van der Waals surface area contributed by atoms with E-state index < -0.39 is 0 Å². The van der Waals surface area contributed by atoms with Crippen LogP contribution in [-0.2, 0) is 6.42 Å². The summed E-state index contributed by atoms with van der Waals surface area (Å²) in [6, 6.07) is 5.23. The van der Waals surface area contributed by atoms with Crippen LogP contribution in [0.3, 0.4) is 0 Å². The SMILES string of the molecule is CCCC(CNC)Cc1ccc(OC)c(F)c1. The van der Waals surface area contributed by atoms with E-state index in [1.165, 1.54) is 7.11 Å². The van der Waals surface area contributed by atoms with Crippen LogP contribution in [0.4, 0.5) is 4.39 Å². The minimum absolute atomic E-state index is 0.273. The van der Waals surface area contributed by atoms with Gasteiger partial charge in [0.05, 0.1) is 7.11 Å². The molecule has 0 aromatic heterocycles. The van der Waals surface area contributed by atoms with E-state index in [9.17, 15) is 4.39 Å². The third kappa shape index (κ3) is 4.35. The second kappa shape index (κ2) is 7.28. The van der Waals surface area contributed by atoms with Gasteiger partial charge in [-0.05, 0) is 50.0 Å². The van der Waals surface area contributed by atoms with Gasteiger partial charge in [-0.3, -0.25) is 0 Å². The van der Waals surface area contributed by atoms with Crippen molar-refractivity contribution < 1.29 is 9.13 Å². The molecule has 17 heavy (non-hydrogen) atoms. The van der Waals surface area contributed by atoms with Crippen LogP contribution in [0, 0.1) is 11.7 Å². The van der Waals surface area contributed by atoms with Crippen LogP contribution >= 0.6 is 0 Å². The lowest BCUT2D eigenvalue weighted by Crippen LogP contribution is -2.20. The van der Waals surface area contributed by atoms with Gasteiger partial charge in [0.25, 0.3) is 0 Å². The zero-order chi connectivity index (χ0) is 12.7. The van der Waals surface area contributed by atoms with E-state index in [1.807, 2.05) is 13.1 Å². The molecule has 0 saturated heterocycles. The van der Waals surface area contributed by atoms with Gasteiger partial charge in [-0.1, -0.05) is 19.4 Å². The molecule has 0 aliphatic rings. The average Bonchev–Trinajstić information content (AvgIpc) is 2.30. The van der Waals surface area contributed by atoms with Crippen LogP contribution in [0.5, 0.6) is 5.75 Å². The molecule has 1 unspecified atom stereocenters. The Morgan fingerprint density at radius 1 is 1.41 bits per heavy atom. The fourth-order valence-electron chi connectivity index (χ4n) is 2.14. The number of rotatable bonds is 7. The third-order valence-electron chi connectivity index (χ3n) is 2.93. The topological polar surface area (TPSA) is 21.3 Å². The molecule has 0 aliphatic heterocycles. The Bertz CT molecular complexity index is 335. The van der Waals surface area contributed by atoms with E-state index in [0.29, 0.717) is 11.7 Å². The molecule has 0 aliphatic carbocycles. The lowest BCUT2D eigenvalue weighted by Gasteiger charge is -2.16. The second-order valence-electron chi connectivity index (χ2n) is 4.39. The van der Waals surface area contributed by atoms with Gasteiger partial charge in [0.1, 0.15) is 0 Å². The van der Waals surface area contributed by atoms with E-state index in [-0.39, 0.29) is 5.82 Å². The number of methoxy groups -OCH3 is 1. The number of benzene rings is 1. The minimum Gasteiger partial charge on any atom is -0.494 e. The Kier molecular flexibility index (Phi) is 5.98. The molecule has 2 nitrogen and oxygen atoms in total. The maximum Gasteiger partial charge on any atom is 0.165 e. The summed E-state index contributed by atoms with van der Waals surface area (Å²) in [5.41, 5.74) is 1.04. The summed E-state index contributed by atoms with van der Waals surface area (Å²) in [6.07, 6.45) is 3.23. The maximum atomic E-state index is 13.5. The summed E-state index contributed by atoms with van der Waals surface area (Å²) >= 11 is 0. The van der Waals surface area contributed by atoms with Crippen molar-refractivity contribution in [1.82, 2.24) is 5.32 Å². The summed E-state index contributed by atoms with van der Waals surface area (Å²) in [7, 11) is 3.44. The van der Waals surface area contributed by atoms with Crippen molar-refractivity contribution >= 4 is 0 Å². The highest BCUT2D eigenvalue weighted by Gasteiger charge is 2.10. The van der Waals surface area contributed by atoms with Crippen molar-refractivity contribution in [2.75, 3.05) is 20.7 Å². The van der Waals surface area contributed by atoms with Gasteiger partial charge in [-0.2, -0.15) is 0 Å². The van der Waals surface area contributed by atoms with Gasteiger partial charge < -0.3 is 10.1 Å². The lowest BCUT2D eigenvalue weighted by atomic mass is 9.95. The molecule has 0 fully saturated rings. The van der Waals surface area contributed by atoms with Crippen LogP contribution < -0.4 is 10.1 Å². The molecule has 1 atom stereocenters. The fourth-order valence-corrected chi connectivity index (χ4v) is 2.14. The first-order valence-corrected chi connectivity index (χ1v) is 6.18. The highest BCUT2D eigenvalue weighted by molar-refractivity contribution is 5.29. The average molecular weight is 239 g/mol. The Hall–Kier alpha value is -1.09. The first-order chi connectivity index (χ1) is 8.21. The van der Waals surface area contributed by atoms with Crippen molar-refractivity contribution in [3.05, 3.63) is 29.6 Å². The molecule has 0 heterocycles. The molecule has 96 valence electrons. The summed E-state index contributed by atoms with van der Waals surface area (Å²) < 4.78 is 18.4. The molecule has 3 heteroatoms. The van der Waals surface area contributed by atoms with E-state index >= 15 is 0 Å². The quantitative estimate of drug-likeness (QED) is 0.789. The standard InChI is InChI=1S/C14H22FNO/c1-4-5-12(10-16-2)8-11-6-7-14(17-3)13(15)9-11/h6-7,9,12,16H,4-5,8,10H2,1-3H3. The van der Waals surface area contributed by atoms with E-state index in [4.69, 9.17) is 4.74 Å². The number of halogens is 1.